The molecule has 0 bridgehead atoms. The van der Waals surface area contributed by atoms with Crippen LogP contribution in [0, 0.1) is 6.92 Å². The molecule has 0 aromatic heterocycles. The molecule has 0 unspecified atom stereocenters. The first-order valence-corrected chi connectivity index (χ1v) is 10.5. The molecular formula is C15H17ClN2O4S2. The molecule has 9 heteroatoms. The molecule has 6 nitrogen and oxygen atoms in total. The molecule has 0 aliphatic carbocycles. The van der Waals surface area contributed by atoms with Gasteiger partial charge in [0.25, 0.3) is 10.0 Å². The maximum Gasteiger partial charge on any atom is 0.261 e. The zero-order valence-corrected chi connectivity index (χ0v) is 15.7. The van der Waals surface area contributed by atoms with Gasteiger partial charge in [-0.2, -0.15) is 0 Å². The first-order chi connectivity index (χ1) is 11.0. The Morgan fingerprint density at radius 3 is 2.08 bits per heavy atom. The minimum absolute atomic E-state index is 0.0988. The summed E-state index contributed by atoms with van der Waals surface area (Å²) in [5, 5.41) is 0.488. The molecule has 2 aromatic rings. The lowest BCUT2D eigenvalue weighted by Gasteiger charge is -2.17. The van der Waals surface area contributed by atoms with Gasteiger partial charge in [-0.3, -0.25) is 9.03 Å². The Morgan fingerprint density at radius 2 is 1.58 bits per heavy atom. The molecule has 0 spiro atoms. The summed E-state index contributed by atoms with van der Waals surface area (Å²) >= 11 is 5.91. The summed E-state index contributed by atoms with van der Waals surface area (Å²) in [5.74, 6) is 0. The average molecular weight is 389 g/mol. The number of sulfonamides is 2. The van der Waals surface area contributed by atoms with Crippen LogP contribution in [0.1, 0.15) is 5.56 Å². The first-order valence-electron chi connectivity index (χ1n) is 6.83. The van der Waals surface area contributed by atoms with Crippen LogP contribution in [0.2, 0.25) is 5.02 Å². The molecular weight excluding hydrogens is 372 g/mol. The number of halogens is 1. The van der Waals surface area contributed by atoms with Gasteiger partial charge < -0.3 is 0 Å². The molecule has 2 rings (SSSR count). The van der Waals surface area contributed by atoms with Crippen molar-refractivity contribution in [3.05, 3.63) is 53.1 Å². The van der Waals surface area contributed by atoms with Gasteiger partial charge in [-0.25, -0.2) is 16.8 Å². The number of hydrogen-bond acceptors (Lipinski definition) is 4. The average Bonchev–Trinajstić information content (AvgIpc) is 2.48. The second-order valence-corrected chi connectivity index (χ2v) is 9.40. The number of aryl methyl sites for hydroxylation is 1. The van der Waals surface area contributed by atoms with Crippen LogP contribution in [0.15, 0.2) is 47.4 Å². The van der Waals surface area contributed by atoms with E-state index in [1.165, 1.54) is 49.5 Å². The van der Waals surface area contributed by atoms with Crippen molar-refractivity contribution in [2.45, 2.75) is 11.8 Å². The van der Waals surface area contributed by atoms with E-state index in [2.05, 4.69) is 4.72 Å². The number of nitrogens with zero attached hydrogens (tertiary/aromatic N) is 1. The summed E-state index contributed by atoms with van der Waals surface area (Å²) in [6.45, 7) is 1.72. The molecule has 0 saturated carbocycles. The molecule has 1 N–H and O–H groups in total. The van der Waals surface area contributed by atoms with E-state index >= 15 is 0 Å². The largest absolute Gasteiger partial charge is 0.280 e. The van der Waals surface area contributed by atoms with Gasteiger partial charge in [-0.05, 0) is 55.0 Å². The van der Waals surface area contributed by atoms with Crippen molar-refractivity contribution in [2.75, 3.05) is 22.3 Å². The van der Waals surface area contributed by atoms with Crippen molar-refractivity contribution in [1.29, 1.82) is 0 Å². The van der Waals surface area contributed by atoms with Gasteiger partial charge in [0.1, 0.15) is 0 Å². The van der Waals surface area contributed by atoms with Crippen molar-refractivity contribution < 1.29 is 16.8 Å². The number of benzene rings is 2. The zero-order valence-electron chi connectivity index (χ0n) is 13.3. The van der Waals surface area contributed by atoms with Gasteiger partial charge in [0.15, 0.2) is 0 Å². The Balaban J connectivity index is 2.26. The Morgan fingerprint density at radius 1 is 1.00 bits per heavy atom. The fourth-order valence-corrected chi connectivity index (χ4v) is 3.69. The van der Waals surface area contributed by atoms with Crippen molar-refractivity contribution >= 4 is 43.0 Å². The van der Waals surface area contributed by atoms with Gasteiger partial charge in [0, 0.05) is 17.8 Å². The quantitative estimate of drug-likeness (QED) is 0.853. The van der Waals surface area contributed by atoms with Crippen LogP contribution in [0.4, 0.5) is 11.4 Å². The van der Waals surface area contributed by atoms with Crippen molar-refractivity contribution in [3.63, 3.8) is 0 Å². The maximum absolute atomic E-state index is 12.4. The lowest BCUT2D eigenvalue weighted by atomic mass is 10.2. The lowest BCUT2D eigenvalue weighted by Crippen LogP contribution is -2.24. The third kappa shape index (κ3) is 4.19. The van der Waals surface area contributed by atoms with Crippen molar-refractivity contribution in [3.8, 4) is 0 Å². The van der Waals surface area contributed by atoms with E-state index in [1.54, 1.807) is 6.92 Å². The molecule has 0 saturated heterocycles. The highest BCUT2D eigenvalue weighted by molar-refractivity contribution is 7.92. The van der Waals surface area contributed by atoms with Crippen molar-refractivity contribution in [2.24, 2.45) is 0 Å². The Bertz CT molecular complexity index is 955. The van der Waals surface area contributed by atoms with Crippen LogP contribution < -0.4 is 9.03 Å². The lowest BCUT2D eigenvalue weighted by molar-refractivity contribution is 0.598. The Kier molecular flexibility index (Phi) is 5.12. The second-order valence-electron chi connectivity index (χ2n) is 5.29. The summed E-state index contributed by atoms with van der Waals surface area (Å²) in [5.41, 5.74) is 1.42. The fraction of sp³-hybridized carbons (Fsp3) is 0.200. The summed E-state index contributed by atoms with van der Waals surface area (Å²) in [6, 6.07) is 10.5. The summed E-state index contributed by atoms with van der Waals surface area (Å²) in [4.78, 5) is 0.0988. The smallest absolute Gasteiger partial charge is 0.261 e. The molecule has 130 valence electrons. The highest BCUT2D eigenvalue weighted by atomic mass is 35.5. The summed E-state index contributed by atoms with van der Waals surface area (Å²) in [7, 11) is -5.71. The van der Waals surface area contributed by atoms with Gasteiger partial charge in [-0.15, -0.1) is 0 Å². The third-order valence-electron chi connectivity index (χ3n) is 3.42. The predicted octanol–water partition coefficient (Wildman–Crippen LogP) is 2.85. The van der Waals surface area contributed by atoms with Crippen LogP contribution in [0.25, 0.3) is 0 Å². The molecule has 0 aliphatic rings. The van der Waals surface area contributed by atoms with E-state index in [4.69, 9.17) is 11.6 Å². The Labute approximate surface area is 147 Å². The van der Waals surface area contributed by atoms with E-state index in [-0.39, 0.29) is 4.90 Å². The minimum Gasteiger partial charge on any atom is -0.280 e. The molecule has 0 atom stereocenters. The molecule has 0 aliphatic heterocycles. The van der Waals surface area contributed by atoms with E-state index in [0.29, 0.717) is 22.0 Å². The monoisotopic (exact) mass is 388 g/mol. The first kappa shape index (κ1) is 18.6. The summed E-state index contributed by atoms with van der Waals surface area (Å²) < 4.78 is 51.3. The molecule has 0 heterocycles. The molecule has 0 fully saturated rings. The van der Waals surface area contributed by atoms with Gasteiger partial charge in [-0.1, -0.05) is 11.6 Å². The molecule has 0 radical (unpaired) electrons. The van der Waals surface area contributed by atoms with Crippen LogP contribution in [0.3, 0.4) is 0 Å². The standard InChI is InChI=1S/C15H17ClN2O4S2/c1-11-10-14(8-9-15(11)16)24(21,22)17-12-4-6-13(7-5-12)18(2)23(3,19)20/h4-10,17H,1-3H3. The number of rotatable bonds is 5. The highest BCUT2D eigenvalue weighted by Crippen LogP contribution is 2.23. The summed E-state index contributed by atoms with van der Waals surface area (Å²) in [6.07, 6.45) is 1.09. The van der Waals surface area contributed by atoms with E-state index in [1.807, 2.05) is 0 Å². The van der Waals surface area contributed by atoms with Gasteiger partial charge in [0.2, 0.25) is 10.0 Å². The number of hydrogen-bond donors (Lipinski definition) is 1. The SMILES string of the molecule is Cc1cc(S(=O)(=O)Nc2ccc(N(C)S(C)(=O)=O)cc2)ccc1Cl. The topological polar surface area (TPSA) is 83.6 Å². The molecule has 2 aromatic carbocycles. The Hall–Kier alpha value is -1.77. The number of nitrogens with one attached hydrogen (secondary N) is 1. The zero-order chi connectivity index (χ0) is 18.1. The van der Waals surface area contributed by atoms with Crippen LogP contribution in [-0.4, -0.2) is 30.1 Å². The highest BCUT2D eigenvalue weighted by Gasteiger charge is 2.16. The van der Waals surface area contributed by atoms with E-state index in [9.17, 15) is 16.8 Å². The van der Waals surface area contributed by atoms with E-state index in [0.717, 1.165) is 10.6 Å². The van der Waals surface area contributed by atoms with Crippen molar-refractivity contribution in [1.82, 2.24) is 0 Å². The normalized spacial score (nSPS) is 12.0. The van der Waals surface area contributed by atoms with Crippen LogP contribution in [0.5, 0.6) is 0 Å². The molecule has 0 amide bonds. The second kappa shape index (κ2) is 6.62. The van der Waals surface area contributed by atoms with Gasteiger partial charge in [0.05, 0.1) is 16.8 Å². The maximum atomic E-state index is 12.4. The van der Waals surface area contributed by atoms with Gasteiger partial charge >= 0.3 is 0 Å². The third-order valence-corrected chi connectivity index (χ3v) is 6.43. The minimum atomic E-state index is -3.75. The fourth-order valence-electron chi connectivity index (χ4n) is 1.93. The number of anilines is 2. The van der Waals surface area contributed by atoms with Crippen LogP contribution >= 0.6 is 11.6 Å². The van der Waals surface area contributed by atoms with Crippen LogP contribution in [-0.2, 0) is 20.0 Å². The van der Waals surface area contributed by atoms with E-state index < -0.39 is 20.0 Å². The predicted molar refractivity (Wildman–Crippen MR) is 96.7 cm³/mol. The molecule has 24 heavy (non-hydrogen) atoms.